The molecular weight excluding hydrogens is 578 g/mol. The molecule has 9 heteroatoms. The van der Waals surface area contributed by atoms with Crippen LogP contribution in [0.15, 0.2) is 68.1 Å². The predicted molar refractivity (Wildman–Crippen MR) is 131 cm³/mol. The molecule has 0 unspecified atom stereocenters. The van der Waals surface area contributed by atoms with Crippen LogP contribution in [0, 0.1) is 0 Å². The fourth-order valence-electron chi connectivity index (χ4n) is 4.05. The Morgan fingerprint density at radius 2 is 1.91 bits per heavy atom. The van der Waals surface area contributed by atoms with Gasteiger partial charge in [0.25, 0.3) is 0 Å². The topological polar surface area (TPSA) is 87.9 Å². The zero-order chi connectivity index (χ0) is 23.7. The van der Waals surface area contributed by atoms with E-state index >= 15 is 0 Å². The van der Waals surface area contributed by atoms with Crippen LogP contribution in [-0.4, -0.2) is 18.9 Å². The first-order valence-electron chi connectivity index (χ1n) is 10.2. The summed E-state index contributed by atoms with van der Waals surface area (Å²) in [5, 5.41) is 0.613. The number of rotatable bonds is 5. The third-order valence-electron chi connectivity index (χ3n) is 5.57. The number of carbonyl (C=O) groups excluding carboxylic acids is 2. The van der Waals surface area contributed by atoms with Crippen molar-refractivity contribution in [3.8, 4) is 5.75 Å². The molecule has 6 nitrogen and oxygen atoms in total. The quantitative estimate of drug-likeness (QED) is 0.432. The number of esters is 1. The first-order chi connectivity index (χ1) is 15.8. The lowest BCUT2D eigenvalue weighted by Crippen LogP contribution is -2.31. The third-order valence-corrected chi connectivity index (χ3v) is 7.12. The number of Topliss-reactive ketones (excluding diaryl/α,β-unsaturated/α-hetero) is 1. The summed E-state index contributed by atoms with van der Waals surface area (Å²) in [4.78, 5) is 25.5. The van der Waals surface area contributed by atoms with Gasteiger partial charge in [-0.25, -0.2) is 4.79 Å². The molecule has 4 rings (SSSR count). The van der Waals surface area contributed by atoms with Crippen molar-refractivity contribution >= 4 is 55.2 Å². The van der Waals surface area contributed by atoms with Gasteiger partial charge >= 0.3 is 5.97 Å². The van der Waals surface area contributed by atoms with Crippen molar-refractivity contribution in [1.29, 1.82) is 0 Å². The number of benzene rings is 2. The third kappa shape index (κ3) is 4.69. The second-order valence-corrected chi connectivity index (χ2v) is 9.73. The molecule has 2 aromatic rings. The summed E-state index contributed by atoms with van der Waals surface area (Å²) in [7, 11) is 1.27. The minimum Gasteiger partial charge on any atom is -0.486 e. The van der Waals surface area contributed by atoms with Crippen molar-refractivity contribution in [3.05, 3.63) is 84.3 Å². The highest BCUT2D eigenvalue weighted by molar-refractivity contribution is 9.11. The maximum absolute atomic E-state index is 12.9. The predicted octanol–water partition coefficient (Wildman–Crippen LogP) is 5.91. The molecule has 2 aromatic carbocycles. The maximum Gasteiger partial charge on any atom is 0.340 e. The van der Waals surface area contributed by atoms with Gasteiger partial charge in [0.15, 0.2) is 5.78 Å². The van der Waals surface area contributed by atoms with Crippen molar-refractivity contribution in [2.24, 2.45) is 5.73 Å². The molecule has 1 atom stereocenters. The van der Waals surface area contributed by atoms with Crippen LogP contribution < -0.4 is 10.5 Å². The largest absolute Gasteiger partial charge is 0.486 e. The van der Waals surface area contributed by atoms with E-state index in [0.29, 0.717) is 55.9 Å². The number of methoxy groups -OCH3 is 1. The smallest absolute Gasteiger partial charge is 0.340 e. The Kier molecular flexibility index (Phi) is 7.16. The number of hydrogen-bond acceptors (Lipinski definition) is 6. The monoisotopic (exact) mass is 595 g/mol. The van der Waals surface area contributed by atoms with Crippen LogP contribution in [0.25, 0.3) is 0 Å². The molecule has 0 radical (unpaired) electrons. The van der Waals surface area contributed by atoms with E-state index in [1.54, 1.807) is 6.07 Å². The van der Waals surface area contributed by atoms with Gasteiger partial charge in [-0.1, -0.05) is 29.8 Å². The highest BCUT2D eigenvalue weighted by Gasteiger charge is 2.41. The highest BCUT2D eigenvalue weighted by Crippen LogP contribution is 2.47. The summed E-state index contributed by atoms with van der Waals surface area (Å²) in [6, 6.07) is 11.1. The van der Waals surface area contributed by atoms with Crippen LogP contribution in [0.2, 0.25) is 5.02 Å². The van der Waals surface area contributed by atoms with Gasteiger partial charge in [-0.05, 0) is 62.0 Å². The molecule has 0 fully saturated rings. The van der Waals surface area contributed by atoms with Gasteiger partial charge in [0.2, 0.25) is 5.88 Å². The minimum absolute atomic E-state index is 0.0495. The molecule has 33 heavy (non-hydrogen) atoms. The van der Waals surface area contributed by atoms with Gasteiger partial charge in [-0.15, -0.1) is 0 Å². The van der Waals surface area contributed by atoms with Crippen LogP contribution in [0.5, 0.6) is 5.75 Å². The van der Waals surface area contributed by atoms with Gasteiger partial charge in [-0.2, -0.15) is 0 Å². The van der Waals surface area contributed by atoms with Gasteiger partial charge < -0.3 is 19.9 Å². The fourth-order valence-corrected chi connectivity index (χ4v) is 5.69. The average Bonchev–Trinajstić information content (AvgIpc) is 2.78. The molecule has 172 valence electrons. The van der Waals surface area contributed by atoms with Gasteiger partial charge in [0.05, 0.1) is 22.0 Å². The van der Waals surface area contributed by atoms with E-state index < -0.39 is 11.9 Å². The summed E-state index contributed by atoms with van der Waals surface area (Å²) >= 11 is 13.4. The summed E-state index contributed by atoms with van der Waals surface area (Å²) in [6.07, 6.45) is 1.63. The van der Waals surface area contributed by atoms with E-state index in [-0.39, 0.29) is 23.8 Å². The molecule has 0 bridgehead atoms. The summed E-state index contributed by atoms with van der Waals surface area (Å²) in [5.41, 5.74) is 8.19. The number of halogens is 3. The van der Waals surface area contributed by atoms with E-state index in [1.165, 1.54) is 7.11 Å². The minimum atomic E-state index is -0.709. The molecule has 0 amide bonds. The number of nitrogens with two attached hydrogens (primary N) is 1. The molecule has 1 aliphatic carbocycles. The molecule has 0 saturated carbocycles. The standard InChI is InChI=1S/C24H20Br2ClNO5/c1-31-24(30)21-19(20-17(29)7-4-8-18(20)33-23(21)28)13-9-14(25)22(15(26)10-13)32-11-12-5-2-3-6-16(12)27/h2-3,5-6,9-10,19H,4,7-8,11,28H2,1H3/t19-/m0/s1. The Bertz CT molecular complexity index is 1180. The van der Waals surface area contributed by atoms with Crippen molar-refractivity contribution < 1.29 is 23.8 Å². The number of allylic oxidation sites excluding steroid dienone is 2. The number of carbonyl (C=O) groups is 2. The average molecular weight is 598 g/mol. The zero-order valence-corrected chi connectivity index (χ0v) is 21.6. The van der Waals surface area contributed by atoms with Gasteiger partial charge in [0, 0.05) is 29.0 Å². The van der Waals surface area contributed by atoms with E-state index in [4.69, 9.17) is 31.5 Å². The Morgan fingerprint density at radius 3 is 2.58 bits per heavy atom. The lowest BCUT2D eigenvalue weighted by Gasteiger charge is -2.32. The Labute approximate surface area is 213 Å². The van der Waals surface area contributed by atoms with Crippen LogP contribution in [0.1, 0.15) is 36.3 Å². The van der Waals surface area contributed by atoms with Gasteiger partial charge in [0.1, 0.15) is 23.7 Å². The SMILES string of the molecule is COC(=O)C1=C(N)OC2=C(C(=O)CCC2)[C@@H]1c1cc(Br)c(OCc2ccccc2Cl)c(Br)c1. The summed E-state index contributed by atoms with van der Waals surface area (Å²) in [6.45, 7) is 0.265. The second kappa shape index (κ2) is 9.91. The first kappa shape index (κ1) is 23.9. The van der Waals surface area contributed by atoms with Crippen LogP contribution in [0.4, 0.5) is 0 Å². The number of ketones is 1. The Balaban J connectivity index is 1.75. The normalized spacial score (nSPS) is 18.1. The van der Waals surface area contributed by atoms with E-state index in [0.717, 1.165) is 5.56 Å². The van der Waals surface area contributed by atoms with Gasteiger partial charge in [-0.3, -0.25) is 4.79 Å². The summed E-state index contributed by atoms with van der Waals surface area (Å²) in [5.74, 6) is -0.403. The molecule has 0 aromatic heterocycles. The van der Waals surface area contributed by atoms with Crippen LogP contribution in [-0.2, 0) is 25.7 Å². The maximum atomic E-state index is 12.9. The van der Waals surface area contributed by atoms with E-state index in [9.17, 15) is 9.59 Å². The van der Waals surface area contributed by atoms with Crippen LogP contribution in [0.3, 0.4) is 0 Å². The number of hydrogen-bond donors (Lipinski definition) is 1. The Hall–Kier alpha value is -2.29. The molecule has 1 heterocycles. The molecular formula is C24H20Br2ClNO5. The molecule has 0 saturated heterocycles. The summed E-state index contributed by atoms with van der Waals surface area (Å²) < 4.78 is 17.9. The lowest BCUT2D eigenvalue weighted by molar-refractivity contribution is -0.136. The highest BCUT2D eigenvalue weighted by atomic mass is 79.9. The zero-order valence-electron chi connectivity index (χ0n) is 17.6. The van der Waals surface area contributed by atoms with Crippen molar-refractivity contribution in [2.45, 2.75) is 31.8 Å². The molecule has 1 aliphatic heterocycles. The Morgan fingerprint density at radius 1 is 1.21 bits per heavy atom. The molecule has 2 N–H and O–H groups in total. The van der Waals surface area contributed by atoms with E-state index in [2.05, 4.69) is 31.9 Å². The lowest BCUT2D eigenvalue weighted by atomic mass is 9.77. The molecule has 0 spiro atoms. The fraction of sp³-hybridized carbons (Fsp3) is 0.250. The van der Waals surface area contributed by atoms with Crippen molar-refractivity contribution in [1.82, 2.24) is 0 Å². The van der Waals surface area contributed by atoms with E-state index in [1.807, 2.05) is 30.3 Å². The van der Waals surface area contributed by atoms with Crippen LogP contribution >= 0.6 is 43.5 Å². The molecule has 2 aliphatic rings. The first-order valence-corrected chi connectivity index (χ1v) is 12.1. The van der Waals surface area contributed by atoms with Crippen molar-refractivity contribution in [2.75, 3.05) is 7.11 Å². The second-order valence-electron chi connectivity index (χ2n) is 7.61. The van der Waals surface area contributed by atoms with Crippen molar-refractivity contribution in [3.63, 3.8) is 0 Å². The number of ether oxygens (including phenoxy) is 3.